The Morgan fingerprint density at radius 3 is 2.62 bits per heavy atom. The summed E-state index contributed by atoms with van der Waals surface area (Å²) in [6.07, 6.45) is 2.20. The lowest BCUT2D eigenvalue weighted by atomic mass is 10.00. The maximum Gasteiger partial charge on any atom is 0.272 e. The molecule has 1 aliphatic rings. The van der Waals surface area contributed by atoms with Gasteiger partial charge in [-0.2, -0.15) is 0 Å². The van der Waals surface area contributed by atoms with Gasteiger partial charge in [0.25, 0.3) is 5.91 Å². The molecular weight excluding hydrogens is 331 g/mol. The van der Waals surface area contributed by atoms with Gasteiger partial charge >= 0.3 is 0 Å². The van der Waals surface area contributed by atoms with E-state index >= 15 is 0 Å². The van der Waals surface area contributed by atoms with Gasteiger partial charge in [0.05, 0.1) is 0 Å². The smallest absolute Gasteiger partial charge is 0.272 e. The second-order valence-electron chi connectivity index (χ2n) is 6.17. The topological polar surface area (TPSA) is 58.1 Å². The monoisotopic (exact) mass is 348 g/mol. The molecule has 1 aromatic heterocycles. The summed E-state index contributed by atoms with van der Waals surface area (Å²) in [5.41, 5.74) is 3.49. The van der Waals surface area contributed by atoms with E-state index in [1.54, 1.807) is 23.1 Å². The molecule has 6 heteroatoms. The van der Waals surface area contributed by atoms with Crippen molar-refractivity contribution in [1.29, 1.82) is 0 Å². The zero-order valence-corrected chi connectivity index (χ0v) is 14.0. The van der Waals surface area contributed by atoms with Crippen LogP contribution in [0.5, 0.6) is 0 Å². The van der Waals surface area contributed by atoms with Crippen molar-refractivity contribution in [3.8, 4) is 0 Å². The van der Waals surface area contributed by atoms with Crippen LogP contribution in [0.1, 0.15) is 21.6 Å². The summed E-state index contributed by atoms with van der Waals surface area (Å²) >= 11 is 0. The number of halogens is 1. The minimum atomic E-state index is -0.306. The minimum absolute atomic E-state index is 0.121. The Bertz CT molecular complexity index is 943. The van der Waals surface area contributed by atoms with Crippen LogP contribution < -0.4 is 5.32 Å². The van der Waals surface area contributed by atoms with Gasteiger partial charge in [-0.15, -0.1) is 0 Å². The van der Waals surface area contributed by atoms with Crippen molar-refractivity contribution in [3.05, 3.63) is 83.6 Å². The van der Waals surface area contributed by atoms with Crippen LogP contribution in [-0.2, 0) is 13.0 Å². The first-order chi connectivity index (χ1) is 12.7. The molecule has 0 fully saturated rings. The molecule has 2 heterocycles. The molecule has 0 unspecified atom stereocenters. The van der Waals surface area contributed by atoms with E-state index in [-0.39, 0.29) is 11.7 Å². The number of nitrogens with zero attached hydrogens (tertiary/aromatic N) is 3. The van der Waals surface area contributed by atoms with E-state index < -0.39 is 0 Å². The zero-order valence-electron chi connectivity index (χ0n) is 14.0. The van der Waals surface area contributed by atoms with E-state index in [0.717, 1.165) is 6.42 Å². The van der Waals surface area contributed by atoms with Gasteiger partial charge < -0.3 is 10.2 Å². The number of carbonyl (C=O) groups excluding carboxylic acids is 1. The zero-order chi connectivity index (χ0) is 17.9. The predicted octanol–water partition coefficient (Wildman–Crippen LogP) is 3.56. The van der Waals surface area contributed by atoms with Crippen LogP contribution in [0.2, 0.25) is 0 Å². The molecule has 1 aliphatic heterocycles. The van der Waals surface area contributed by atoms with Gasteiger partial charge in [0.15, 0.2) is 0 Å². The van der Waals surface area contributed by atoms with Crippen LogP contribution in [0.4, 0.5) is 15.9 Å². The number of hydrogen-bond donors (Lipinski definition) is 1. The van der Waals surface area contributed by atoms with Crippen molar-refractivity contribution in [2.75, 3.05) is 11.9 Å². The Balaban J connectivity index is 1.51. The number of hydrogen-bond acceptors (Lipinski definition) is 4. The number of anilines is 2. The highest BCUT2D eigenvalue weighted by Gasteiger charge is 2.22. The van der Waals surface area contributed by atoms with Crippen molar-refractivity contribution in [2.45, 2.75) is 13.0 Å². The molecule has 0 saturated carbocycles. The Labute approximate surface area is 150 Å². The molecule has 3 aromatic rings. The van der Waals surface area contributed by atoms with Crippen LogP contribution in [-0.4, -0.2) is 27.3 Å². The van der Waals surface area contributed by atoms with Crippen LogP contribution >= 0.6 is 0 Å². The lowest BCUT2D eigenvalue weighted by Crippen LogP contribution is -2.36. The van der Waals surface area contributed by atoms with E-state index in [4.69, 9.17) is 0 Å². The fraction of sp³-hybridized carbons (Fsp3) is 0.150. The lowest BCUT2D eigenvalue weighted by molar-refractivity contribution is 0.0728. The van der Waals surface area contributed by atoms with E-state index in [9.17, 15) is 9.18 Å². The number of aromatic nitrogens is 2. The highest BCUT2D eigenvalue weighted by molar-refractivity contribution is 5.93. The first-order valence-corrected chi connectivity index (χ1v) is 8.40. The Hall–Kier alpha value is -3.28. The number of amides is 1. The number of benzene rings is 2. The van der Waals surface area contributed by atoms with Gasteiger partial charge in [0, 0.05) is 24.8 Å². The van der Waals surface area contributed by atoms with E-state index in [2.05, 4.69) is 27.4 Å². The van der Waals surface area contributed by atoms with Gasteiger partial charge in [-0.05, 0) is 41.8 Å². The van der Waals surface area contributed by atoms with Gasteiger partial charge in [-0.3, -0.25) is 4.79 Å². The molecule has 0 bridgehead atoms. The first kappa shape index (κ1) is 16.2. The molecule has 1 amide bonds. The number of rotatable bonds is 3. The van der Waals surface area contributed by atoms with E-state index in [0.29, 0.717) is 30.3 Å². The fourth-order valence-electron chi connectivity index (χ4n) is 3.05. The van der Waals surface area contributed by atoms with Crippen molar-refractivity contribution in [2.24, 2.45) is 0 Å². The van der Waals surface area contributed by atoms with Crippen molar-refractivity contribution in [1.82, 2.24) is 14.9 Å². The largest absolute Gasteiger partial charge is 0.340 e. The second-order valence-corrected chi connectivity index (χ2v) is 6.17. The summed E-state index contributed by atoms with van der Waals surface area (Å²) in [5.74, 6) is 0.0657. The van der Waals surface area contributed by atoms with E-state index in [1.807, 2.05) is 12.1 Å². The quantitative estimate of drug-likeness (QED) is 0.786. The van der Waals surface area contributed by atoms with Gasteiger partial charge in [-0.1, -0.05) is 24.3 Å². The summed E-state index contributed by atoms with van der Waals surface area (Å²) in [5, 5.41) is 3.06. The number of nitrogens with one attached hydrogen (secondary N) is 1. The van der Waals surface area contributed by atoms with Crippen LogP contribution in [0, 0.1) is 5.82 Å². The summed E-state index contributed by atoms with van der Waals surface area (Å²) in [6, 6.07) is 15.7. The van der Waals surface area contributed by atoms with Crippen LogP contribution in [0.25, 0.3) is 0 Å². The summed E-state index contributed by atoms with van der Waals surface area (Å²) in [4.78, 5) is 22.9. The van der Waals surface area contributed by atoms with Crippen molar-refractivity contribution >= 4 is 17.4 Å². The van der Waals surface area contributed by atoms with E-state index in [1.165, 1.54) is 29.6 Å². The average Bonchev–Trinajstić information content (AvgIpc) is 2.69. The van der Waals surface area contributed by atoms with Gasteiger partial charge in [0.1, 0.15) is 23.7 Å². The standard InChI is InChI=1S/C20H17FN4O/c21-16-5-7-17(8-6-16)24-19-11-18(22-13-23-19)20(26)25-10-9-14-3-1-2-4-15(14)12-25/h1-8,11,13H,9-10,12H2,(H,22,23,24). The van der Waals surface area contributed by atoms with Crippen LogP contribution in [0.15, 0.2) is 60.9 Å². The molecule has 5 nitrogen and oxygen atoms in total. The third kappa shape index (κ3) is 3.39. The number of carbonyl (C=O) groups is 1. The van der Waals surface area contributed by atoms with Gasteiger partial charge in [-0.25, -0.2) is 14.4 Å². The molecule has 4 rings (SSSR count). The summed E-state index contributed by atoms with van der Waals surface area (Å²) in [6.45, 7) is 1.25. The molecule has 0 radical (unpaired) electrons. The predicted molar refractivity (Wildman–Crippen MR) is 96.6 cm³/mol. The average molecular weight is 348 g/mol. The molecule has 130 valence electrons. The highest BCUT2D eigenvalue weighted by atomic mass is 19.1. The Morgan fingerprint density at radius 2 is 1.81 bits per heavy atom. The maximum atomic E-state index is 13.0. The first-order valence-electron chi connectivity index (χ1n) is 8.40. The van der Waals surface area contributed by atoms with Crippen molar-refractivity contribution in [3.63, 3.8) is 0 Å². The molecule has 0 spiro atoms. The highest BCUT2D eigenvalue weighted by Crippen LogP contribution is 2.21. The molecule has 0 aliphatic carbocycles. The third-order valence-corrected chi connectivity index (χ3v) is 4.42. The fourth-order valence-corrected chi connectivity index (χ4v) is 3.05. The molecule has 1 N–H and O–H groups in total. The maximum absolute atomic E-state index is 13.0. The third-order valence-electron chi connectivity index (χ3n) is 4.42. The minimum Gasteiger partial charge on any atom is -0.340 e. The van der Waals surface area contributed by atoms with Crippen molar-refractivity contribution < 1.29 is 9.18 Å². The molecule has 0 saturated heterocycles. The lowest BCUT2D eigenvalue weighted by Gasteiger charge is -2.28. The number of fused-ring (bicyclic) bond motifs is 1. The molecule has 2 aromatic carbocycles. The normalized spacial score (nSPS) is 13.2. The van der Waals surface area contributed by atoms with Gasteiger partial charge in [0.2, 0.25) is 0 Å². The SMILES string of the molecule is O=C(c1cc(Nc2ccc(F)cc2)ncn1)N1CCc2ccccc2C1. The van der Waals surface area contributed by atoms with Crippen LogP contribution in [0.3, 0.4) is 0 Å². The summed E-state index contributed by atoms with van der Waals surface area (Å²) < 4.78 is 13.0. The Morgan fingerprint density at radius 1 is 1.04 bits per heavy atom. The molecular formula is C20H17FN4O. The summed E-state index contributed by atoms with van der Waals surface area (Å²) in [7, 11) is 0. The molecule has 0 atom stereocenters. The molecule has 26 heavy (non-hydrogen) atoms. The Kier molecular flexibility index (Phi) is 4.31. The second kappa shape index (κ2) is 6.92.